The van der Waals surface area contributed by atoms with Crippen LogP contribution in [0.2, 0.25) is 5.02 Å². The van der Waals surface area contributed by atoms with Gasteiger partial charge < -0.3 is 10.1 Å². The molecule has 96 valence electrons. The minimum atomic E-state index is 0.419. The van der Waals surface area contributed by atoms with E-state index in [0.717, 1.165) is 23.9 Å². The van der Waals surface area contributed by atoms with E-state index < -0.39 is 0 Å². The molecule has 3 heteroatoms. The van der Waals surface area contributed by atoms with Gasteiger partial charge in [-0.1, -0.05) is 32.4 Å². The third-order valence-electron chi connectivity index (χ3n) is 3.25. The molecule has 1 aromatic rings. The van der Waals surface area contributed by atoms with E-state index >= 15 is 0 Å². The van der Waals surface area contributed by atoms with E-state index in [1.165, 1.54) is 5.56 Å². The number of rotatable bonds is 6. The van der Waals surface area contributed by atoms with Crippen LogP contribution in [0.5, 0.6) is 5.75 Å². The fourth-order valence-electron chi connectivity index (χ4n) is 1.92. The van der Waals surface area contributed by atoms with E-state index in [1.807, 2.05) is 18.2 Å². The summed E-state index contributed by atoms with van der Waals surface area (Å²) in [6, 6.07) is 5.81. The summed E-state index contributed by atoms with van der Waals surface area (Å²) in [4.78, 5) is 0. The summed E-state index contributed by atoms with van der Waals surface area (Å²) in [5, 5.41) is 4.14. The first-order valence-electron chi connectivity index (χ1n) is 6.14. The van der Waals surface area contributed by atoms with Gasteiger partial charge in [-0.25, -0.2) is 0 Å². The molecule has 0 fully saturated rings. The summed E-state index contributed by atoms with van der Waals surface area (Å²) in [5.74, 6) is 1.88. The van der Waals surface area contributed by atoms with Crippen LogP contribution in [-0.4, -0.2) is 20.2 Å². The second-order valence-corrected chi connectivity index (χ2v) is 4.90. The number of methoxy groups -OCH3 is 1. The standard InChI is InChI=1S/C14H22ClNO/c1-5-16-9-10(2)11(3)13-8-12(15)6-7-14(13)17-4/h6-8,10-11,16H,5,9H2,1-4H3. The molecule has 17 heavy (non-hydrogen) atoms. The van der Waals surface area contributed by atoms with Crippen molar-refractivity contribution in [3.05, 3.63) is 28.8 Å². The molecule has 0 heterocycles. The quantitative estimate of drug-likeness (QED) is 0.837. The third-order valence-corrected chi connectivity index (χ3v) is 3.49. The molecule has 0 saturated heterocycles. The van der Waals surface area contributed by atoms with Gasteiger partial charge in [-0.2, -0.15) is 0 Å². The Morgan fingerprint density at radius 3 is 2.65 bits per heavy atom. The van der Waals surface area contributed by atoms with Crippen LogP contribution in [-0.2, 0) is 0 Å². The Morgan fingerprint density at radius 2 is 2.06 bits per heavy atom. The molecule has 0 amide bonds. The van der Waals surface area contributed by atoms with Crippen molar-refractivity contribution in [1.82, 2.24) is 5.32 Å². The molecule has 2 nitrogen and oxygen atoms in total. The van der Waals surface area contributed by atoms with Crippen molar-refractivity contribution < 1.29 is 4.74 Å². The van der Waals surface area contributed by atoms with Crippen molar-refractivity contribution in [2.75, 3.05) is 20.2 Å². The molecule has 0 spiro atoms. The molecule has 0 radical (unpaired) electrons. The maximum absolute atomic E-state index is 6.06. The maximum atomic E-state index is 6.06. The lowest BCUT2D eigenvalue weighted by Crippen LogP contribution is -2.24. The summed E-state index contributed by atoms with van der Waals surface area (Å²) in [7, 11) is 1.70. The normalized spacial score (nSPS) is 14.4. The molecule has 0 aromatic heterocycles. The maximum Gasteiger partial charge on any atom is 0.122 e. The van der Waals surface area contributed by atoms with Gasteiger partial charge in [0.15, 0.2) is 0 Å². The van der Waals surface area contributed by atoms with Crippen molar-refractivity contribution in [3.63, 3.8) is 0 Å². The number of halogens is 1. The summed E-state index contributed by atoms with van der Waals surface area (Å²) in [6.07, 6.45) is 0. The number of hydrogen-bond donors (Lipinski definition) is 1. The number of ether oxygens (including phenoxy) is 1. The van der Waals surface area contributed by atoms with E-state index in [9.17, 15) is 0 Å². The first kappa shape index (κ1) is 14.3. The zero-order valence-electron chi connectivity index (χ0n) is 11.1. The zero-order valence-corrected chi connectivity index (χ0v) is 11.8. The second-order valence-electron chi connectivity index (χ2n) is 4.46. The van der Waals surface area contributed by atoms with Gasteiger partial charge in [-0.15, -0.1) is 0 Å². The molecule has 0 aliphatic heterocycles. The molecule has 2 atom stereocenters. The van der Waals surface area contributed by atoms with Crippen molar-refractivity contribution in [2.45, 2.75) is 26.7 Å². The number of benzene rings is 1. The SMILES string of the molecule is CCNCC(C)C(C)c1cc(Cl)ccc1OC. The molecule has 1 N–H and O–H groups in total. The van der Waals surface area contributed by atoms with Gasteiger partial charge in [0, 0.05) is 5.02 Å². The van der Waals surface area contributed by atoms with Crippen LogP contribution in [0.4, 0.5) is 0 Å². The molecule has 2 unspecified atom stereocenters. The van der Waals surface area contributed by atoms with Crippen LogP contribution >= 0.6 is 11.6 Å². The first-order valence-corrected chi connectivity index (χ1v) is 6.52. The highest BCUT2D eigenvalue weighted by molar-refractivity contribution is 6.30. The molecular weight excluding hydrogens is 234 g/mol. The lowest BCUT2D eigenvalue weighted by molar-refractivity contribution is 0.390. The van der Waals surface area contributed by atoms with Gasteiger partial charge in [-0.3, -0.25) is 0 Å². The van der Waals surface area contributed by atoms with Crippen molar-refractivity contribution in [1.29, 1.82) is 0 Å². The zero-order chi connectivity index (χ0) is 12.8. The molecule has 0 aliphatic carbocycles. The Bertz CT molecular complexity index is 354. The Labute approximate surface area is 109 Å². The highest BCUT2D eigenvalue weighted by atomic mass is 35.5. The predicted octanol–water partition coefficient (Wildman–Crippen LogP) is 3.70. The summed E-state index contributed by atoms with van der Waals surface area (Å²) in [5.41, 5.74) is 1.19. The van der Waals surface area contributed by atoms with Gasteiger partial charge in [0.25, 0.3) is 0 Å². The summed E-state index contributed by atoms with van der Waals surface area (Å²) in [6.45, 7) is 8.60. The van der Waals surface area contributed by atoms with Gasteiger partial charge in [-0.05, 0) is 48.7 Å². The Morgan fingerprint density at radius 1 is 1.35 bits per heavy atom. The van der Waals surface area contributed by atoms with Crippen molar-refractivity contribution >= 4 is 11.6 Å². The lowest BCUT2D eigenvalue weighted by Gasteiger charge is -2.22. The van der Waals surface area contributed by atoms with Crippen LogP contribution in [0, 0.1) is 5.92 Å². The van der Waals surface area contributed by atoms with E-state index in [0.29, 0.717) is 11.8 Å². The average Bonchev–Trinajstić information content (AvgIpc) is 2.34. The van der Waals surface area contributed by atoms with Gasteiger partial charge in [0.05, 0.1) is 7.11 Å². The number of hydrogen-bond acceptors (Lipinski definition) is 2. The van der Waals surface area contributed by atoms with Crippen LogP contribution in [0.1, 0.15) is 32.3 Å². The highest BCUT2D eigenvalue weighted by Crippen LogP contribution is 2.33. The largest absolute Gasteiger partial charge is 0.496 e. The Hall–Kier alpha value is -0.730. The Balaban J connectivity index is 2.86. The van der Waals surface area contributed by atoms with Crippen molar-refractivity contribution in [2.24, 2.45) is 5.92 Å². The highest BCUT2D eigenvalue weighted by Gasteiger charge is 2.18. The fourth-order valence-corrected chi connectivity index (χ4v) is 2.10. The second kappa shape index (κ2) is 6.87. The monoisotopic (exact) mass is 255 g/mol. The summed E-state index contributed by atoms with van der Waals surface area (Å²) >= 11 is 6.06. The van der Waals surface area contributed by atoms with Gasteiger partial charge >= 0.3 is 0 Å². The Kier molecular flexibility index (Phi) is 5.79. The van der Waals surface area contributed by atoms with E-state index in [-0.39, 0.29) is 0 Å². The summed E-state index contributed by atoms with van der Waals surface area (Å²) < 4.78 is 5.40. The molecule has 0 bridgehead atoms. The van der Waals surface area contributed by atoms with E-state index in [1.54, 1.807) is 7.11 Å². The van der Waals surface area contributed by atoms with Crippen molar-refractivity contribution in [3.8, 4) is 5.75 Å². The van der Waals surface area contributed by atoms with Gasteiger partial charge in [0.2, 0.25) is 0 Å². The smallest absolute Gasteiger partial charge is 0.122 e. The van der Waals surface area contributed by atoms with Gasteiger partial charge in [0.1, 0.15) is 5.75 Å². The third kappa shape index (κ3) is 3.90. The van der Waals surface area contributed by atoms with E-state index in [4.69, 9.17) is 16.3 Å². The average molecular weight is 256 g/mol. The van der Waals surface area contributed by atoms with E-state index in [2.05, 4.69) is 26.1 Å². The minimum Gasteiger partial charge on any atom is -0.496 e. The first-order chi connectivity index (χ1) is 8.10. The number of nitrogens with one attached hydrogen (secondary N) is 1. The fraction of sp³-hybridized carbons (Fsp3) is 0.571. The molecular formula is C14H22ClNO. The van der Waals surface area contributed by atoms with Crippen LogP contribution in [0.3, 0.4) is 0 Å². The lowest BCUT2D eigenvalue weighted by atomic mass is 9.88. The topological polar surface area (TPSA) is 21.3 Å². The molecule has 1 rings (SSSR count). The van der Waals surface area contributed by atoms with Crippen LogP contribution < -0.4 is 10.1 Å². The van der Waals surface area contributed by atoms with Crippen LogP contribution in [0.25, 0.3) is 0 Å². The molecule has 1 aromatic carbocycles. The molecule has 0 aliphatic rings. The molecule has 0 saturated carbocycles. The van der Waals surface area contributed by atoms with Crippen LogP contribution in [0.15, 0.2) is 18.2 Å². The predicted molar refractivity (Wildman–Crippen MR) is 74.1 cm³/mol. The minimum absolute atomic E-state index is 0.419.